The summed E-state index contributed by atoms with van der Waals surface area (Å²) in [5.74, 6) is 0.0533. The molecule has 0 N–H and O–H groups in total. The maximum Gasteiger partial charge on any atom is 2.00 e. The van der Waals surface area contributed by atoms with Crippen molar-refractivity contribution in [3.63, 3.8) is 0 Å². The molecule has 0 aliphatic heterocycles. The fourth-order valence-corrected chi connectivity index (χ4v) is 8.25. The van der Waals surface area contributed by atoms with Crippen LogP contribution in [0.2, 0.25) is 0 Å². The third kappa shape index (κ3) is 15.8. The van der Waals surface area contributed by atoms with E-state index in [1.54, 1.807) is 0 Å². The Bertz CT molecular complexity index is 3660. The van der Waals surface area contributed by atoms with E-state index in [1.165, 1.54) is 48.5 Å². The molecule has 12 rings (SSSR count). The predicted octanol–water partition coefficient (Wildman–Crippen LogP) is 13.5. The van der Waals surface area contributed by atoms with E-state index in [-0.39, 0.29) is 84.9 Å². The smallest absolute Gasteiger partial charge is 0.545 e. The number of hydrogen-bond acceptors (Lipinski definition) is 16. The molecule has 0 spiro atoms. The normalized spacial score (nSPS) is 10.4. The number of carboxylic acids is 2. The third-order valence-corrected chi connectivity index (χ3v) is 12.4. The van der Waals surface area contributed by atoms with Gasteiger partial charge in [0.2, 0.25) is 0 Å². The molecule has 408 valence electrons. The zero-order chi connectivity index (χ0) is 57.5. The van der Waals surface area contributed by atoms with Crippen LogP contribution in [0.1, 0.15) is 20.7 Å². The second-order valence-corrected chi connectivity index (χ2v) is 18.2. The number of benzene rings is 10. The fraction of sp³-hybridized carbons (Fsp3) is 0. The number of aromatic nitrogens is 6. The average molecular weight is 1150 g/mol. The summed E-state index contributed by atoms with van der Waals surface area (Å²) in [6.45, 7) is 0. The molecule has 0 atom stereocenters. The van der Waals surface area contributed by atoms with Crippen molar-refractivity contribution in [3.8, 4) is 115 Å². The van der Waals surface area contributed by atoms with E-state index in [9.17, 15) is 19.8 Å². The first-order chi connectivity index (χ1) is 41.2. The first-order valence-electron chi connectivity index (χ1n) is 26.0. The number of hydrogen-bond donors (Lipinski definition) is 0. The predicted molar refractivity (Wildman–Crippen MR) is 315 cm³/mol. The van der Waals surface area contributed by atoms with Crippen LogP contribution in [0, 0.1) is 0 Å². The summed E-state index contributed by atoms with van der Waals surface area (Å²) in [5.41, 5.74) is 8.49. The molecule has 17 heteroatoms. The molecule has 0 aliphatic rings. The first-order valence-corrected chi connectivity index (χ1v) is 26.0. The van der Waals surface area contributed by atoms with Gasteiger partial charge in [-0.1, -0.05) is 170 Å². The van der Waals surface area contributed by atoms with Crippen LogP contribution in [0.3, 0.4) is 0 Å². The summed E-state index contributed by atoms with van der Waals surface area (Å²) >= 11 is 0. The van der Waals surface area contributed by atoms with Crippen molar-refractivity contribution in [1.29, 1.82) is 0 Å². The van der Waals surface area contributed by atoms with Crippen molar-refractivity contribution < 1.29 is 48.2 Å². The van der Waals surface area contributed by atoms with Gasteiger partial charge in [0.1, 0.15) is 34.5 Å². The van der Waals surface area contributed by atoms with Crippen LogP contribution in [-0.4, -0.2) is 79.6 Å². The molecule has 2 heterocycles. The van der Waals surface area contributed by atoms with E-state index in [0.29, 0.717) is 34.5 Å². The summed E-state index contributed by atoms with van der Waals surface area (Å²) in [4.78, 5) is 48.0. The zero-order valence-electron chi connectivity index (χ0n) is 44.9. The van der Waals surface area contributed by atoms with Crippen LogP contribution in [0.15, 0.2) is 267 Å². The minimum atomic E-state index is -1.29. The Kier molecular flexibility index (Phi) is 18.8. The van der Waals surface area contributed by atoms with Crippen LogP contribution in [0.4, 0.5) is 0 Å². The second kappa shape index (κ2) is 27.8. The Morgan fingerprint density at radius 3 is 0.541 bits per heavy atom. The summed E-state index contributed by atoms with van der Waals surface area (Å²) in [6.07, 6.45) is 0. The summed E-state index contributed by atoms with van der Waals surface area (Å²) < 4.78 is 35.4. The number of carboxylic acid groups (broad SMARTS) is 2. The molecule has 10 aromatic carbocycles. The molecule has 0 bridgehead atoms. The van der Waals surface area contributed by atoms with Crippen LogP contribution < -0.4 is 38.6 Å². The van der Waals surface area contributed by atoms with Crippen molar-refractivity contribution in [2.24, 2.45) is 0 Å². The van der Waals surface area contributed by atoms with Crippen LogP contribution in [-0.2, 0) is 0 Å². The van der Waals surface area contributed by atoms with Gasteiger partial charge in [0.05, 0.1) is 11.9 Å². The van der Waals surface area contributed by atoms with Gasteiger partial charge in [-0.25, -0.2) is 0 Å². The van der Waals surface area contributed by atoms with Gasteiger partial charge in [0, 0.05) is 0 Å². The van der Waals surface area contributed by atoms with Gasteiger partial charge in [0.15, 0.2) is 0 Å². The topological polar surface area (TPSA) is 213 Å². The third-order valence-electron chi connectivity index (χ3n) is 12.4. The SMILES string of the molecule is O=C([O-])c1ccc(Oc2nc(Oc3ccc(-c4ccccc4)cc3)nc(Oc3ccc(-c4ccccc4)cc3)n2)cc1.O=C([O-])c1ccc(Oc2nc(Oc3ccc(-c4ccccc4)cc3)nc(Oc3ccc(-c4ccccc4)cc3)n2)cc1.[Ca+2]. The molecule has 16 nitrogen and oxygen atoms in total. The molecular weight excluding hydrogens is 1100 g/mol. The summed E-state index contributed by atoms with van der Waals surface area (Å²) in [7, 11) is 0. The average Bonchev–Trinajstić information content (AvgIpc) is 3.60. The molecule has 12 aromatic rings. The monoisotopic (exact) mass is 1140 g/mol. The molecular formula is C68H44CaN6O10. The molecule has 0 saturated heterocycles. The van der Waals surface area contributed by atoms with E-state index in [1.807, 2.05) is 218 Å². The summed E-state index contributed by atoms with van der Waals surface area (Å²) in [6, 6.07) is 80.9. The van der Waals surface area contributed by atoms with Gasteiger partial charge >= 0.3 is 73.8 Å². The van der Waals surface area contributed by atoms with E-state index >= 15 is 0 Å². The summed E-state index contributed by atoms with van der Waals surface area (Å²) in [5, 5.41) is 22.2. The first kappa shape index (κ1) is 57.5. The Labute approximate surface area is 517 Å². The van der Waals surface area contributed by atoms with Crippen molar-refractivity contribution in [2.45, 2.75) is 0 Å². The van der Waals surface area contributed by atoms with Gasteiger partial charge in [-0.3, -0.25) is 0 Å². The van der Waals surface area contributed by atoms with Gasteiger partial charge in [0.25, 0.3) is 0 Å². The molecule has 2 aromatic heterocycles. The standard InChI is InChI=1S/2C34H23N3O5.Ca/c2*38-31(39)27-15-21-30(22-16-27)42-34-36-32(40-28-17-11-25(12-18-28)23-7-3-1-4-8-23)35-33(37-34)41-29-19-13-26(14-20-29)24-9-5-2-6-10-24;/h2*1-22H,(H,38,39);/q;;+2/p-2. The number of aromatic carboxylic acids is 2. The van der Waals surface area contributed by atoms with E-state index in [4.69, 9.17) is 28.4 Å². The van der Waals surface area contributed by atoms with E-state index < -0.39 is 11.9 Å². The Morgan fingerprint density at radius 2 is 0.376 bits per heavy atom. The molecule has 0 unspecified atom stereocenters. The maximum absolute atomic E-state index is 11.1. The molecule has 0 radical (unpaired) electrons. The van der Waals surface area contributed by atoms with Crippen molar-refractivity contribution in [3.05, 3.63) is 278 Å². The molecule has 0 amide bonds. The fourth-order valence-electron chi connectivity index (χ4n) is 8.25. The number of carbonyl (C=O) groups is 2. The van der Waals surface area contributed by atoms with Gasteiger partial charge in [-0.2, -0.15) is 0 Å². The van der Waals surface area contributed by atoms with Crippen molar-refractivity contribution in [2.75, 3.05) is 0 Å². The van der Waals surface area contributed by atoms with Crippen molar-refractivity contribution in [1.82, 2.24) is 29.9 Å². The van der Waals surface area contributed by atoms with Crippen LogP contribution in [0.25, 0.3) is 44.5 Å². The minimum Gasteiger partial charge on any atom is -0.545 e. The zero-order valence-corrected chi connectivity index (χ0v) is 47.1. The maximum atomic E-state index is 11.1. The largest absolute Gasteiger partial charge is 2.00 e. The molecule has 85 heavy (non-hydrogen) atoms. The van der Waals surface area contributed by atoms with E-state index in [0.717, 1.165) is 44.5 Å². The Balaban J connectivity index is 0.000000187. The van der Waals surface area contributed by atoms with Gasteiger partial charge in [-0.15, -0.1) is 29.9 Å². The van der Waals surface area contributed by atoms with Gasteiger partial charge in [-0.05, 0) is 153 Å². The minimum absolute atomic E-state index is 0. The van der Waals surface area contributed by atoms with Crippen molar-refractivity contribution >= 4 is 49.7 Å². The van der Waals surface area contributed by atoms with Gasteiger partial charge < -0.3 is 48.2 Å². The van der Waals surface area contributed by atoms with Crippen LogP contribution >= 0.6 is 0 Å². The Morgan fingerprint density at radius 1 is 0.224 bits per heavy atom. The van der Waals surface area contributed by atoms with E-state index in [2.05, 4.69) is 29.9 Å². The molecule has 0 saturated carbocycles. The second-order valence-electron chi connectivity index (χ2n) is 18.2. The Hall–Kier alpha value is -10.8. The molecule has 0 fully saturated rings. The number of rotatable bonds is 18. The number of ether oxygens (including phenoxy) is 6. The quantitative estimate of drug-likeness (QED) is 0.0731. The molecule has 0 aliphatic carbocycles. The van der Waals surface area contributed by atoms with Crippen LogP contribution in [0.5, 0.6) is 70.6 Å². The number of nitrogens with zero attached hydrogens (tertiary/aromatic N) is 6. The number of carbonyl (C=O) groups excluding carboxylic acids is 2.